The van der Waals surface area contributed by atoms with Gasteiger partial charge in [0.25, 0.3) is 5.91 Å². The normalized spacial score (nSPS) is 10.4. The van der Waals surface area contributed by atoms with Crippen LogP contribution in [-0.4, -0.2) is 15.8 Å². The Bertz CT molecular complexity index is 759. The van der Waals surface area contributed by atoms with Crippen LogP contribution in [-0.2, 0) is 13.1 Å². The van der Waals surface area contributed by atoms with Gasteiger partial charge in [-0.3, -0.25) is 4.79 Å². The summed E-state index contributed by atoms with van der Waals surface area (Å²) >= 11 is 0. The third-order valence-electron chi connectivity index (χ3n) is 3.83. The molecule has 2 aromatic carbocycles. The number of aromatic nitrogens is 1. The maximum Gasteiger partial charge on any atom is 0.273 e. The predicted molar refractivity (Wildman–Crippen MR) is 95.4 cm³/mol. The Morgan fingerprint density at radius 1 is 0.792 bits per heavy atom. The standard InChI is InChI=1S/C21H20N2O/c1-17-9-8-14-20(22-17)21(24)23(15-18-10-4-2-5-11-18)16-19-12-6-3-7-13-19/h2-14H,15-16H2,1H3. The molecule has 0 bridgehead atoms. The summed E-state index contributed by atoms with van der Waals surface area (Å²) in [7, 11) is 0. The van der Waals surface area contributed by atoms with Crippen molar-refractivity contribution in [2.75, 3.05) is 0 Å². The predicted octanol–water partition coefficient (Wildman–Crippen LogP) is 4.23. The van der Waals surface area contributed by atoms with E-state index in [0.717, 1.165) is 16.8 Å². The maximum absolute atomic E-state index is 13.0. The molecule has 1 amide bonds. The zero-order chi connectivity index (χ0) is 16.8. The molecule has 0 unspecified atom stereocenters. The van der Waals surface area contributed by atoms with E-state index >= 15 is 0 Å². The molecular formula is C21H20N2O. The average molecular weight is 316 g/mol. The van der Waals surface area contributed by atoms with Crippen molar-refractivity contribution >= 4 is 5.91 Å². The zero-order valence-electron chi connectivity index (χ0n) is 13.7. The van der Waals surface area contributed by atoms with Crippen molar-refractivity contribution in [1.29, 1.82) is 0 Å². The quantitative estimate of drug-likeness (QED) is 0.705. The van der Waals surface area contributed by atoms with Crippen LogP contribution in [0.25, 0.3) is 0 Å². The Morgan fingerprint density at radius 2 is 1.33 bits per heavy atom. The van der Waals surface area contributed by atoms with Crippen LogP contribution in [0.4, 0.5) is 0 Å². The van der Waals surface area contributed by atoms with Crippen molar-refractivity contribution in [3.8, 4) is 0 Å². The number of rotatable bonds is 5. The first-order valence-electron chi connectivity index (χ1n) is 8.03. The average Bonchev–Trinajstić information content (AvgIpc) is 2.62. The van der Waals surface area contributed by atoms with Crippen molar-refractivity contribution in [1.82, 2.24) is 9.88 Å². The monoisotopic (exact) mass is 316 g/mol. The zero-order valence-corrected chi connectivity index (χ0v) is 13.7. The SMILES string of the molecule is Cc1cccc(C(=O)N(Cc2ccccc2)Cc2ccccc2)n1. The molecule has 0 saturated carbocycles. The van der Waals surface area contributed by atoms with Crippen molar-refractivity contribution in [3.05, 3.63) is 101 Å². The molecule has 0 atom stereocenters. The fraction of sp³-hybridized carbons (Fsp3) is 0.143. The van der Waals surface area contributed by atoms with E-state index < -0.39 is 0 Å². The molecule has 3 aromatic rings. The minimum Gasteiger partial charge on any atom is -0.329 e. The number of carbonyl (C=O) groups excluding carboxylic acids is 1. The van der Waals surface area contributed by atoms with Crippen molar-refractivity contribution in [2.24, 2.45) is 0 Å². The number of aryl methyl sites for hydroxylation is 1. The summed E-state index contributed by atoms with van der Waals surface area (Å²) in [6.07, 6.45) is 0. The molecular weight excluding hydrogens is 296 g/mol. The summed E-state index contributed by atoms with van der Waals surface area (Å²) in [6.45, 7) is 3.02. The molecule has 24 heavy (non-hydrogen) atoms. The highest BCUT2D eigenvalue weighted by Gasteiger charge is 2.18. The minimum atomic E-state index is -0.0496. The first-order valence-corrected chi connectivity index (χ1v) is 8.03. The van der Waals surface area contributed by atoms with Gasteiger partial charge >= 0.3 is 0 Å². The Balaban J connectivity index is 1.87. The van der Waals surface area contributed by atoms with Crippen LogP contribution in [0.1, 0.15) is 27.3 Å². The van der Waals surface area contributed by atoms with E-state index in [1.807, 2.05) is 84.6 Å². The summed E-state index contributed by atoms with van der Waals surface area (Å²) in [5.41, 5.74) is 3.55. The lowest BCUT2D eigenvalue weighted by Gasteiger charge is -2.23. The molecule has 120 valence electrons. The van der Waals surface area contributed by atoms with Gasteiger partial charge in [-0.25, -0.2) is 4.98 Å². The number of pyridine rings is 1. The molecule has 1 heterocycles. The van der Waals surface area contributed by atoms with Crippen molar-refractivity contribution in [3.63, 3.8) is 0 Å². The molecule has 0 aliphatic rings. The molecule has 0 spiro atoms. The fourth-order valence-electron chi connectivity index (χ4n) is 2.63. The molecule has 1 aromatic heterocycles. The lowest BCUT2D eigenvalue weighted by atomic mass is 10.1. The summed E-state index contributed by atoms with van der Waals surface area (Å²) in [5.74, 6) is -0.0496. The number of hydrogen-bond donors (Lipinski definition) is 0. The van der Waals surface area contributed by atoms with Gasteiger partial charge < -0.3 is 4.90 Å². The fourth-order valence-corrected chi connectivity index (χ4v) is 2.63. The van der Waals surface area contributed by atoms with Gasteiger partial charge in [-0.2, -0.15) is 0 Å². The van der Waals surface area contributed by atoms with Gasteiger partial charge in [0.2, 0.25) is 0 Å². The molecule has 0 aliphatic heterocycles. The van der Waals surface area contributed by atoms with E-state index in [9.17, 15) is 4.79 Å². The highest BCUT2D eigenvalue weighted by molar-refractivity contribution is 5.92. The van der Waals surface area contributed by atoms with E-state index in [1.165, 1.54) is 0 Å². The van der Waals surface area contributed by atoms with Gasteiger partial charge in [0, 0.05) is 18.8 Å². The highest BCUT2D eigenvalue weighted by atomic mass is 16.2. The van der Waals surface area contributed by atoms with Gasteiger partial charge in [-0.15, -0.1) is 0 Å². The summed E-state index contributed by atoms with van der Waals surface area (Å²) in [5, 5.41) is 0. The van der Waals surface area contributed by atoms with Gasteiger partial charge in [-0.05, 0) is 30.2 Å². The van der Waals surface area contributed by atoms with E-state index in [2.05, 4.69) is 4.98 Å². The molecule has 0 N–H and O–H groups in total. The molecule has 0 aliphatic carbocycles. The van der Waals surface area contributed by atoms with Gasteiger partial charge in [-0.1, -0.05) is 66.7 Å². The number of benzene rings is 2. The minimum absolute atomic E-state index is 0.0496. The van der Waals surface area contributed by atoms with Crippen LogP contribution in [0.5, 0.6) is 0 Å². The van der Waals surface area contributed by atoms with E-state index in [-0.39, 0.29) is 5.91 Å². The Morgan fingerprint density at radius 3 is 1.83 bits per heavy atom. The first-order chi connectivity index (χ1) is 11.7. The summed E-state index contributed by atoms with van der Waals surface area (Å²) < 4.78 is 0. The van der Waals surface area contributed by atoms with Crippen LogP contribution in [0, 0.1) is 6.92 Å². The van der Waals surface area contributed by atoms with Gasteiger partial charge in [0.1, 0.15) is 5.69 Å². The summed E-state index contributed by atoms with van der Waals surface area (Å²) in [6, 6.07) is 25.6. The van der Waals surface area contributed by atoms with Crippen LogP contribution < -0.4 is 0 Å². The van der Waals surface area contributed by atoms with E-state index in [4.69, 9.17) is 0 Å². The van der Waals surface area contributed by atoms with Crippen molar-refractivity contribution in [2.45, 2.75) is 20.0 Å². The summed E-state index contributed by atoms with van der Waals surface area (Å²) in [4.78, 5) is 19.2. The highest BCUT2D eigenvalue weighted by Crippen LogP contribution is 2.13. The number of amides is 1. The molecule has 0 radical (unpaired) electrons. The van der Waals surface area contributed by atoms with Crippen LogP contribution in [0.15, 0.2) is 78.9 Å². The lowest BCUT2D eigenvalue weighted by molar-refractivity contribution is 0.0724. The number of nitrogens with zero attached hydrogens (tertiary/aromatic N) is 2. The first kappa shape index (κ1) is 15.9. The van der Waals surface area contributed by atoms with Crippen molar-refractivity contribution < 1.29 is 4.79 Å². The second-order valence-electron chi connectivity index (χ2n) is 5.80. The van der Waals surface area contributed by atoms with Crippen LogP contribution in [0.3, 0.4) is 0 Å². The Labute approximate surface area is 142 Å². The van der Waals surface area contributed by atoms with E-state index in [0.29, 0.717) is 18.8 Å². The maximum atomic E-state index is 13.0. The smallest absolute Gasteiger partial charge is 0.273 e. The van der Waals surface area contributed by atoms with Crippen LogP contribution in [0.2, 0.25) is 0 Å². The van der Waals surface area contributed by atoms with Gasteiger partial charge in [0.05, 0.1) is 0 Å². The van der Waals surface area contributed by atoms with Gasteiger partial charge in [0.15, 0.2) is 0 Å². The molecule has 3 heteroatoms. The topological polar surface area (TPSA) is 33.2 Å². The molecule has 3 rings (SSSR count). The second-order valence-corrected chi connectivity index (χ2v) is 5.80. The third-order valence-corrected chi connectivity index (χ3v) is 3.83. The lowest BCUT2D eigenvalue weighted by Crippen LogP contribution is -2.30. The second kappa shape index (κ2) is 7.55. The molecule has 0 saturated heterocycles. The van der Waals surface area contributed by atoms with Crippen LogP contribution >= 0.6 is 0 Å². The molecule has 0 fully saturated rings. The Hall–Kier alpha value is -2.94. The largest absolute Gasteiger partial charge is 0.329 e. The molecule has 3 nitrogen and oxygen atoms in total. The number of hydrogen-bond acceptors (Lipinski definition) is 2. The number of carbonyl (C=O) groups is 1. The third kappa shape index (κ3) is 4.07. The Kier molecular flexibility index (Phi) is 5.02. The van der Waals surface area contributed by atoms with E-state index in [1.54, 1.807) is 6.07 Å².